The van der Waals surface area contributed by atoms with Crippen molar-refractivity contribution in [1.82, 2.24) is 14.9 Å². The summed E-state index contributed by atoms with van der Waals surface area (Å²) in [5.41, 5.74) is 6.96. The van der Waals surface area contributed by atoms with Gasteiger partial charge in [-0.05, 0) is 96.1 Å². The average molecular weight is 588 g/mol. The van der Waals surface area contributed by atoms with Gasteiger partial charge in [0, 0.05) is 36.2 Å². The van der Waals surface area contributed by atoms with Crippen LogP contribution in [0.5, 0.6) is 5.88 Å². The molecule has 5 rings (SSSR count). The predicted octanol–water partition coefficient (Wildman–Crippen LogP) is 5.03. The predicted molar refractivity (Wildman–Crippen MR) is 169 cm³/mol. The lowest BCUT2D eigenvalue weighted by Gasteiger charge is -2.35. The van der Waals surface area contributed by atoms with E-state index in [-0.39, 0.29) is 5.91 Å². The number of hydrogen-bond acceptors (Lipinski definition) is 9. The fraction of sp³-hybridized carbons (Fsp3) is 0.438. The molecule has 0 unspecified atom stereocenters. The van der Waals surface area contributed by atoms with Crippen LogP contribution in [0, 0.1) is 13.8 Å². The Hall–Kier alpha value is -4.38. The summed E-state index contributed by atoms with van der Waals surface area (Å²) >= 11 is 0. The molecular formula is C32H41N7O4. The van der Waals surface area contributed by atoms with Gasteiger partial charge in [0.1, 0.15) is 23.7 Å². The molecular weight excluding hydrogens is 546 g/mol. The van der Waals surface area contributed by atoms with Crippen LogP contribution in [0.4, 0.5) is 33.4 Å². The molecule has 0 spiro atoms. The van der Waals surface area contributed by atoms with Crippen molar-refractivity contribution < 1.29 is 19.1 Å². The van der Waals surface area contributed by atoms with Crippen LogP contribution in [0.2, 0.25) is 0 Å². The van der Waals surface area contributed by atoms with Crippen LogP contribution in [-0.2, 0) is 22.5 Å². The molecule has 0 radical (unpaired) electrons. The fourth-order valence-electron chi connectivity index (χ4n) is 5.37. The third-order valence-electron chi connectivity index (χ3n) is 7.35. The van der Waals surface area contributed by atoms with Crippen LogP contribution in [0.15, 0.2) is 36.7 Å². The van der Waals surface area contributed by atoms with Crippen LogP contribution >= 0.6 is 0 Å². The van der Waals surface area contributed by atoms with Gasteiger partial charge < -0.3 is 29.9 Å². The summed E-state index contributed by atoms with van der Waals surface area (Å²) in [6, 6.07) is 7.92. The number of hydrogen-bond donors (Lipinski definition) is 2. The van der Waals surface area contributed by atoms with Crippen LogP contribution in [-0.4, -0.2) is 72.8 Å². The topological polar surface area (TPSA) is 112 Å². The first-order valence-electron chi connectivity index (χ1n) is 14.6. The summed E-state index contributed by atoms with van der Waals surface area (Å²) in [5.74, 6) is 1.14. The second kappa shape index (κ2) is 12.1. The lowest BCUT2D eigenvalue weighted by molar-refractivity contribution is -0.116. The number of carbonyl (C=O) groups is 2. The van der Waals surface area contributed by atoms with Crippen molar-refractivity contribution in [2.75, 3.05) is 60.8 Å². The van der Waals surface area contributed by atoms with Crippen LogP contribution in [0.25, 0.3) is 0 Å². The number of likely N-dealkylation sites (N-methyl/N-ethyl adjacent to an activating group) is 1. The Morgan fingerprint density at radius 2 is 1.86 bits per heavy atom. The lowest BCUT2D eigenvalue weighted by atomic mass is 10.0. The number of fused-ring (bicyclic) bond motifs is 2. The van der Waals surface area contributed by atoms with Crippen LogP contribution in [0.3, 0.4) is 0 Å². The summed E-state index contributed by atoms with van der Waals surface area (Å²) in [4.78, 5) is 40.3. The third kappa shape index (κ3) is 6.99. The number of aryl methyl sites for hydroxylation is 1. The molecule has 4 heterocycles. The van der Waals surface area contributed by atoms with Gasteiger partial charge in [-0.25, -0.2) is 14.8 Å². The molecule has 0 fully saturated rings. The maximum Gasteiger partial charge on any atom is 0.415 e. The smallest absolute Gasteiger partial charge is 0.415 e. The van der Waals surface area contributed by atoms with Crippen molar-refractivity contribution in [2.45, 2.75) is 53.2 Å². The third-order valence-corrected chi connectivity index (χ3v) is 7.35. The molecule has 11 heteroatoms. The molecule has 2 aliphatic rings. The summed E-state index contributed by atoms with van der Waals surface area (Å²) in [5, 5.41) is 6.38. The van der Waals surface area contributed by atoms with E-state index in [4.69, 9.17) is 9.47 Å². The molecule has 3 aromatic rings. The maximum absolute atomic E-state index is 13.1. The largest absolute Gasteiger partial charge is 0.474 e. The van der Waals surface area contributed by atoms with Gasteiger partial charge in [0.05, 0.1) is 25.0 Å². The molecule has 0 saturated heterocycles. The molecule has 0 saturated carbocycles. The van der Waals surface area contributed by atoms with Crippen LogP contribution in [0.1, 0.15) is 43.0 Å². The summed E-state index contributed by atoms with van der Waals surface area (Å²) in [6.45, 7) is 12.1. The average Bonchev–Trinajstić information content (AvgIpc) is 2.93. The van der Waals surface area contributed by atoms with Gasteiger partial charge >= 0.3 is 6.09 Å². The van der Waals surface area contributed by atoms with Gasteiger partial charge in [-0.1, -0.05) is 0 Å². The molecule has 43 heavy (non-hydrogen) atoms. The summed E-state index contributed by atoms with van der Waals surface area (Å²) in [6.07, 6.45) is 4.21. The van der Waals surface area contributed by atoms with Gasteiger partial charge in [-0.15, -0.1) is 0 Å². The Balaban J connectivity index is 1.33. The Morgan fingerprint density at radius 1 is 1.07 bits per heavy atom. The molecule has 2 N–H and O–H groups in total. The monoisotopic (exact) mass is 587 g/mol. The van der Waals surface area contributed by atoms with Gasteiger partial charge in [0.25, 0.3) is 0 Å². The van der Waals surface area contributed by atoms with Crippen molar-refractivity contribution in [1.29, 1.82) is 0 Å². The highest BCUT2D eigenvalue weighted by Gasteiger charge is 2.32. The summed E-state index contributed by atoms with van der Waals surface area (Å²) < 4.78 is 11.5. The number of aromatic nitrogens is 2. The number of anilines is 5. The molecule has 0 bridgehead atoms. The SMILES string of the molecule is Cc1cc(Nc2cc3c(cn2)CCN(c2cnc4c(c2C)N(C(=O)OC(C)(C)C)CCO4)C3)ccc1NC(=O)CN(C)C. The Labute approximate surface area is 253 Å². The maximum atomic E-state index is 13.1. The zero-order valence-corrected chi connectivity index (χ0v) is 26.1. The van der Waals surface area contributed by atoms with E-state index < -0.39 is 11.7 Å². The molecule has 2 amide bonds. The van der Waals surface area contributed by atoms with E-state index >= 15 is 0 Å². The van der Waals surface area contributed by atoms with Crippen molar-refractivity contribution in [3.8, 4) is 5.88 Å². The van der Waals surface area contributed by atoms with E-state index in [1.807, 2.05) is 84.2 Å². The molecule has 1 aromatic carbocycles. The van der Waals surface area contributed by atoms with Crippen molar-refractivity contribution >= 4 is 40.6 Å². The molecule has 0 aliphatic carbocycles. The van der Waals surface area contributed by atoms with Crippen molar-refractivity contribution in [3.63, 3.8) is 0 Å². The number of nitrogens with zero attached hydrogens (tertiary/aromatic N) is 5. The summed E-state index contributed by atoms with van der Waals surface area (Å²) in [7, 11) is 3.73. The lowest BCUT2D eigenvalue weighted by Crippen LogP contribution is -2.42. The number of ether oxygens (including phenoxy) is 2. The highest BCUT2D eigenvalue weighted by Crippen LogP contribution is 2.40. The van der Waals surface area contributed by atoms with Crippen LogP contribution < -0.4 is 25.2 Å². The van der Waals surface area contributed by atoms with E-state index in [0.717, 1.165) is 47.0 Å². The normalized spacial score (nSPS) is 14.5. The zero-order valence-electron chi connectivity index (χ0n) is 26.1. The van der Waals surface area contributed by atoms with E-state index in [9.17, 15) is 9.59 Å². The van der Waals surface area contributed by atoms with E-state index in [1.54, 1.807) is 4.90 Å². The minimum atomic E-state index is -0.604. The number of pyridine rings is 2. The molecule has 11 nitrogen and oxygen atoms in total. The van der Waals surface area contributed by atoms with E-state index in [2.05, 4.69) is 31.6 Å². The number of rotatable bonds is 6. The molecule has 0 atom stereocenters. The Bertz CT molecular complexity index is 1530. The minimum Gasteiger partial charge on any atom is -0.474 e. The first-order valence-corrected chi connectivity index (χ1v) is 14.6. The van der Waals surface area contributed by atoms with Gasteiger partial charge in [0.2, 0.25) is 11.8 Å². The highest BCUT2D eigenvalue weighted by molar-refractivity contribution is 5.93. The Morgan fingerprint density at radius 3 is 2.58 bits per heavy atom. The number of amides is 2. The first kappa shape index (κ1) is 30.1. The molecule has 2 aromatic heterocycles. The quantitative estimate of drug-likeness (QED) is 0.410. The highest BCUT2D eigenvalue weighted by atomic mass is 16.6. The second-order valence-corrected chi connectivity index (χ2v) is 12.4. The number of carbonyl (C=O) groups excluding carboxylic acids is 2. The standard InChI is InChI=1S/C32H41N7O4/c1-20-14-24(8-9-25(20)36-28(40)19-37(6)7)35-27-15-23-18-38(11-10-22(23)16-33-27)26-17-34-30-29(21(26)2)39(12-13-42-30)31(41)43-32(3,4)5/h8-9,14-17H,10-13,18-19H2,1-7H3,(H,33,35)(H,36,40). The van der Waals surface area contributed by atoms with E-state index in [1.165, 1.54) is 11.1 Å². The van der Waals surface area contributed by atoms with Crippen molar-refractivity contribution in [2.24, 2.45) is 0 Å². The molecule has 2 aliphatic heterocycles. The fourth-order valence-corrected chi connectivity index (χ4v) is 5.37. The van der Waals surface area contributed by atoms with E-state index in [0.29, 0.717) is 37.8 Å². The van der Waals surface area contributed by atoms with Gasteiger partial charge in [0.15, 0.2) is 0 Å². The van der Waals surface area contributed by atoms with Gasteiger partial charge in [-0.2, -0.15) is 0 Å². The Kier molecular flexibility index (Phi) is 8.45. The van der Waals surface area contributed by atoms with Crippen molar-refractivity contribution in [3.05, 3.63) is 58.9 Å². The minimum absolute atomic E-state index is 0.0517. The number of nitrogens with one attached hydrogen (secondary N) is 2. The zero-order chi connectivity index (χ0) is 30.9. The molecule has 228 valence electrons. The second-order valence-electron chi connectivity index (χ2n) is 12.4. The number of benzene rings is 1. The van der Waals surface area contributed by atoms with Gasteiger partial charge in [-0.3, -0.25) is 9.69 Å². The first-order chi connectivity index (χ1) is 20.4.